The van der Waals surface area contributed by atoms with Crippen molar-refractivity contribution in [2.75, 3.05) is 45.3 Å². The largest absolute Gasteiger partial charge is 0.493 e. The number of hydrogen-bond acceptors (Lipinski definition) is 6. The normalized spacial score (nSPS) is 15.0. The number of methoxy groups -OCH3 is 1. The number of carbonyl (C=O) groups is 1. The van der Waals surface area contributed by atoms with Crippen LogP contribution in [0.25, 0.3) is 6.08 Å². The first-order valence-electron chi connectivity index (χ1n) is 10.8. The summed E-state index contributed by atoms with van der Waals surface area (Å²) in [5, 5.41) is 2.71. The van der Waals surface area contributed by atoms with Crippen molar-refractivity contribution in [2.45, 2.75) is 18.7 Å². The van der Waals surface area contributed by atoms with Crippen LogP contribution in [0.3, 0.4) is 0 Å². The van der Waals surface area contributed by atoms with E-state index in [-0.39, 0.29) is 10.8 Å². The van der Waals surface area contributed by atoms with E-state index in [0.717, 1.165) is 5.56 Å². The molecule has 33 heavy (non-hydrogen) atoms. The van der Waals surface area contributed by atoms with E-state index in [4.69, 9.17) is 14.2 Å². The Morgan fingerprint density at radius 2 is 1.91 bits per heavy atom. The van der Waals surface area contributed by atoms with E-state index in [9.17, 15) is 13.2 Å². The summed E-state index contributed by atoms with van der Waals surface area (Å²) in [4.78, 5) is 12.5. The number of morpholine rings is 1. The average molecular weight is 475 g/mol. The first-order valence-corrected chi connectivity index (χ1v) is 12.2. The molecule has 8 nitrogen and oxygen atoms in total. The number of carbonyl (C=O) groups excluding carboxylic acids is 1. The number of nitrogens with zero attached hydrogens (tertiary/aromatic N) is 1. The van der Waals surface area contributed by atoms with E-state index < -0.39 is 10.0 Å². The number of anilines is 1. The molecular weight excluding hydrogens is 444 g/mol. The highest BCUT2D eigenvalue weighted by atomic mass is 32.2. The van der Waals surface area contributed by atoms with Crippen LogP contribution >= 0.6 is 0 Å². The summed E-state index contributed by atoms with van der Waals surface area (Å²) in [5.41, 5.74) is 1.16. The maximum absolute atomic E-state index is 12.8. The van der Waals surface area contributed by atoms with E-state index in [1.54, 1.807) is 37.5 Å². The van der Waals surface area contributed by atoms with Gasteiger partial charge in [0.05, 0.1) is 31.8 Å². The quantitative estimate of drug-likeness (QED) is 0.560. The van der Waals surface area contributed by atoms with E-state index in [0.29, 0.717) is 56.0 Å². The smallest absolute Gasteiger partial charge is 0.248 e. The third kappa shape index (κ3) is 6.80. The number of nitrogens with one attached hydrogen (secondary N) is 1. The summed E-state index contributed by atoms with van der Waals surface area (Å²) >= 11 is 0. The Morgan fingerprint density at radius 3 is 2.61 bits per heavy atom. The highest BCUT2D eigenvalue weighted by molar-refractivity contribution is 7.89. The minimum Gasteiger partial charge on any atom is -0.493 e. The van der Waals surface area contributed by atoms with Crippen molar-refractivity contribution in [1.82, 2.24) is 4.31 Å². The highest BCUT2D eigenvalue weighted by Crippen LogP contribution is 2.29. The Kier molecular flexibility index (Phi) is 8.49. The lowest BCUT2D eigenvalue weighted by Crippen LogP contribution is -2.40. The Bertz CT molecular complexity index is 1090. The van der Waals surface area contributed by atoms with Crippen LogP contribution < -0.4 is 14.8 Å². The standard InChI is InChI=1S/C24H30N2O6S/c1-18(2)17-32-22-9-7-19(15-23(22)30-3)8-10-24(27)25-20-5-4-6-21(16-20)33(28,29)26-11-13-31-14-12-26/h4-10,15-16,18H,11-14,17H2,1-3H3,(H,25,27)/b10-8+. The molecule has 0 saturated carbocycles. The first-order chi connectivity index (χ1) is 15.8. The zero-order valence-electron chi connectivity index (χ0n) is 19.1. The molecule has 3 rings (SSSR count). The van der Waals surface area contributed by atoms with Gasteiger partial charge >= 0.3 is 0 Å². The third-order valence-corrected chi connectivity index (χ3v) is 6.79. The van der Waals surface area contributed by atoms with Crippen molar-refractivity contribution in [1.29, 1.82) is 0 Å². The number of amides is 1. The molecule has 1 aliphatic rings. The Labute approximate surface area is 195 Å². The van der Waals surface area contributed by atoms with E-state index in [1.807, 2.05) is 6.07 Å². The topological polar surface area (TPSA) is 94.2 Å². The summed E-state index contributed by atoms with van der Waals surface area (Å²) in [5.74, 6) is 1.24. The van der Waals surface area contributed by atoms with Crippen LogP contribution in [0.2, 0.25) is 0 Å². The minimum atomic E-state index is -3.64. The molecule has 178 valence electrons. The van der Waals surface area contributed by atoms with Crippen molar-refractivity contribution in [3.63, 3.8) is 0 Å². The molecule has 1 heterocycles. The zero-order valence-corrected chi connectivity index (χ0v) is 19.9. The summed E-state index contributed by atoms with van der Waals surface area (Å²) in [6.07, 6.45) is 3.03. The summed E-state index contributed by atoms with van der Waals surface area (Å²) in [6, 6.07) is 11.7. The molecule has 1 amide bonds. The molecule has 1 aliphatic heterocycles. The van der Waals surface area contributed by atoms with Crippen LogP contribution in [-0.4, -0.2) is 58.7 Å². The van der Waals surface area contributed by atoms with Gasteiger partial charge in [-0.05, 0) is 47.9 Å². The second-order valence-electron chi connectivity index (χ2n) is 7.98. The Balaban J connectivity index is 1.66. The van der Waals surface area contributed by atoms with Gasteiger partial charge in [0.25, 0.3) is 0 Å². The maximum atomic E-state index is 12.8. The summed E-state index contributed by atoms with van der Waals surface area (Å²) in [6.45, 7) is 6.07. The molecule has 1 N–H and O–H groups in total. The van der Waals surface area contributed by atoms with Crippen LogP contribution in [-0.2, 0) is 19.6 Å². The van der Waals surface area contributed by atoms with E-state index in [2.05, 4.69) is 19.2 Å². The Morgan fingerprint density at radius 1 is 1.15 bits per heavy atom. The predicted octanol–water partition coefficient (Wildman–Crippen LogP) is 3.40. The van der Waals surface area contributed by atoms with E-state index in [1.165, 1.54) is 22.5 Å². The van der Waals surface area contributed by atoms with Crippen LogP contribution in [0.5, 0.6) is 11.5 Å². The van der Waals surface area contributed by atoms with Crippen LogP contribution in [0, 0.1) is 5.92 Å². The molecule has 0 radical (unpaired) electrons. The van der Waals surface area contributed by atoms with Crippen LogP contribution in [0.4, 0.5) is 5.69 Å². The lowest BCUT2D eigenvalue weighted by molar-refractivity contribution is -0.111. The van der Waals surface area contributed by atoms with Gasteiger partial charge < -0.3 is 19.5 Å². The number of hydrogen-bond donors (Lipinski definition) is 1. The molecule has 0 spiro atoms. The third-order valence-electron chi connectivity index (χ3n) is 4.90. The van der Waals surface area contributed by atoms with Crippen molar-refractivity contribution < 1.29 is 27.4 Å². The molecule has 1 fully saturated rings. The molecule has 0 atom stereocenters. The SMILES string of the molecule is COc1cc(/C=C/C(=O)Nc2cccc(S(=O)(=O)N3CCOCC3)c2)ccc1OCC(C)C. The number of benzene rings is 2. The van der Waals surface area contributed by atoms with Gasteiger partial charge in [0.15, 0.2) is 11.5 Å². The van der Waals surface area contributed by atoms with Crippen molar-refractivity contribution >= 4 is 27.7 Å². The monoisotopic (exact) mass is 474 g/mol. The summed E-state index contributed by atoms with van der Waals surface area (Å²) in [7, 11) is -2.07. The van der Waals surface area contributed by atoms with Crippen LogP contribution in [0.15, 0.2) is 53.4 Å². The molecular formula is C24H30N2O6S. The van der Waals surface area contributed by atoms with Gasteiger partial charge in [-0.1, -0.05) is 26.0 Å². The fraction of sp³-hybridized carbons (Fsp3) is 0.375. The Hall–Kier alpha value is -2.88. The molecule has 2 aromatic rings. The molecule has 0 unspecified atom stereocenters. The van der Waals surface area contributed by atoms with Gasteiger partial charge in [-0.3, -0.25) is 4.79 Å². The second-order valence-corrected chi connectivity index (χ2v) is 9.92. The molecule has 0 bridgehead atoms. The molecule has 0 aliphatic carbocycles. The first kappa shape index (κ1) is 24.8. The predicted molar refractivity (Wildman–Crippen MR) is 127 cm³/mol. The van der Waals surface area contributed by atoms with Crippen molar-refractivity contribution in [2.24, 2.45) is 5.92 Å². The van der Waals surface area contributed by atoms with Gasteiger partial charge in [-0.2, -0.15) is 4.31 Å². The van der Waals surface area contributed by atoms with Gasteiger partial charge in [0.1, 0.15) is 0 Å². The lowest BCUT2D eigenvalue weighted by Gasteiger charge is -2.26. The van der Waals surface area contributed by atoms with Gasteiger partial charge in [0.2, 0.25) is 15.9 Å². The molecule has 2 aromatic carbocycles. The molecule has 1 saturated heterocycles. The average Bonchev–Trinajstić information content (AvgIpc) is 2.82. The lowest BCUT2D eigenvalue weighted by atomic mass is 10.2. The number of ether oxygens (including phenoxy) is 3. The van der Waals surface area contributed by atoms with Crippen LogP contribution in [0.1, 0.15) is 19.4 Å². The number of rotatable bonds is 9. The maximum Gasteiger partial charge on any atom is 0.248 e. The fourth-order valence-corrected chi connectivity index (χ4v) is 4.64. The minimum absolute atomic E-state index is 0.132. The van der Waals surface area contributed by atoms with Gasteiger partial charge in [-0.15, -0.1) is 0 Å². The fourth-order valence-electron chi connectivity index (χ4n) is 3.19. The van der Waals surface area contributed by atoms with Gasteiger partial charge in [0, 0.05) is 24.9 Å². The van der Waals surface area contributed by atoms with Gasteiger partial charge in [-0.25, -0.2) is 8.42 Å². The summed E-state index contributed by atoms with van der Waals surface area (Å²) < 4.78 is 43.4. The molecule has 9 heteroatoms. The highest BCUT2D eigenvalue weighted by Gasteiger charge is 2.26. The molecule has 0 aromatic heterocycles. The van der Waals surface area contributed by atoms with Crippen molar-refractivity contribution in [3.05, 3.63) is 54.1 Å². The zero-order chi connectivity index (χ0) is 23.8. The van der Waals surface area contributed by atoms with Crippen molar-refractivity contribution in [3.8, 4) is 11.5 Å². The number of sulfonamides is 1. The second kappa shape index (κ2) is 11.3. The van der Waals surface area contributed by atoms with E-state index >= 15 is 0 Å².